The van der Waals surface area contributed by atoms with Gasteiger partial charge in [0.1, 0.15) is 10.6 Å². The van der Waals surface area contributed by atoms with Gasteiger partial charge in [0.05, 0.1) is 6.61 Å². The third-order valence-corrected chi connectivity index (χ3v) is 5.30. The minimum Gasteiger partial charge on any atom is -0.494 e. The van der Waals surface area contributed by atoms with Gasteiger partial charge < -0.3 is 10.5 Å². The molecule has 0 fully saturated rings. The normalized spacial score (nSPS) is 11.3. The van der Waals surface area contributed by atoms with E-state index in [9.17, 15) is 8.42 Å². The van der Waals surface area contributed by atoms with Gasteiger partial charge in [-0.3, -0.25) is 4.72 Å². The number of thiophene rings is 1. The molecule has 0 atom stereocenters. The molecule has 0 radical (unpaired) electrons. The summed E-state index contributed by atoms with van der Waals surface area (Å²) in [6.07, 6.45) is 0.925. The standard InChI is InChI=1S/C14H18N2O3S2/c1-2-8-19-12-5-3-11(4-6-12)16-21(17,18)14-7-9-20-13(14)10-15/h3-7,9,16H,2,8,10,15H2,1H3. The Morgan fingerprint density at radius 2 is 1.95 bits per heavy atom. The predicted molar refractivity (Wildman–Crippen MR) is 85.2 cm³/mol. The van der Waals surface area contributed by atoms with Crippen molar-refractivity contribution in [3.8, 4) is 5.75 Å². The Bertz CT molecular complexity index is 678. The number of nitrogens with two attached hydrogens (primary N) is 1. The lowest BCUT2D eigenvalue weighted by Gasteiger charge is -2.09. The zero-order valence-corrected chi connectivity index (χ0v) is 13.3. The monoisotopic (exact) mass is 326 g/mol. The first-order valence-corrected chi connectivity index (χ1v) is 8.95. The summed E-state index contributed by atoms with van der Waals surface area (Å²) in [4.78, 5) is 0.881. The molecular formula is C14H18N2O3S2. The second kappa shape index (κ2) is 6.93. The molecule has 0 aliphatic rings. The van der Waals surface area contributed by atoms with E-state index in [1.54, 1.807) is 35.7 Å². The van der Waals surface area contributed by atoms with E-state index < -0.39 is 10.0 Å². The van der Waals surface area contributed by atoms with Crippen LogP contribution in [0.4, 0.5) is 5.69 Å². The molecule has 114 valence electrons. The van der Waals surface area contributed by atoms with Crippen molar-refractivity contribution in [2.24, 2.45) is 5.73 Å². The molecular weight excluding hydrogens is 308 g/mol. The van der Waals surface area contributed by atoms with Crippen LogP contribution in [-0.4, -0.2) is 15.0 Å². The van der Waals surface area contributed by atoms with Gasteiger partial charge in [0.15, 0.2) is 0 Å². The van der Waals surface area contributed by atoms with E-state index in [1.165, 1.54) is 11.3 Å². The van der Waals surface area contributed by atoms with Crippen molar-refractivity contribution >= 4 is 27.0 Å². The molecule has 0 bridgehead atoms. The Kier molecular flexibility index (Phi) is 5.22. The molecule has 2 rings (SSSR count). The second-order valence-electron chi connectivity index (χ2n) is 4.39. The second-order valence-corrected chi connectivity index (χ2v) is 7.04. The Balaban J connectivity index is 2.13. The van der Waals surface area contributed by atoms with Crippen LogP contribution in [0, 0.1) is 0 Å². The van der Waals surface area contributed by atoms with Crippen molar-refractivity contribution in [3.05, 3.63) is 40.6 Å². The van der Waals surface area contributed by atoms with Crippen LogP contribution in [0.5, 0.6) is 5.75 Å². The van der Waals surface area contributed by atoms with Gasteiger partial charge in [-0.1, -0.05) is 6.92 Å². The van der Waals surface area contributed by atoms with E-state index in [4.69, 9.17) is 10.5 Å². The quantitative estimate of drug-likeness (QED) is 0.820. The molecule has 1 aromatic carbocycles. The largest absolute Gasteiger partial charge is 0.494 e. The van der Waals surface area contributed by atoms with Gasteiger partial charge in [-0.05, 0) is 42.1 Å². The van der Waals surface area contributed by atoms with E-state index >= 15 is 0 Å². The fourth-order valence-corrected chi connectivity index (χ4v) is 4.16. The van der Waals surface area contributed by atoms with Gasteiger partial charge in [0.2, 0.25) is 0 Å². The number of hydrogen-bond donors (Lipinski definition) is 2. The van der Waals surface area contributed by atoms with Gasteiger partial charge in [0.25, 0.3) is 10.0 Å². The third kappa shape index (κ3) is 3.96. The molecule has 1 aromatic heterocycles. The van der Waals surface area contributed by atoms with Crippen molar-refractivity contribution in [2.45, 2.75) is 24.8 Å². The summed E-state index contributed by atoms with van der Waals surface area (Å²) in [5.74, 6) is 0.720. The SMILES string of the molecule is CCCOc1ccc(NS(=O)(=O)c2ccsc2CN)cc1. The molecule has 0 unspecified atom stereocenters. The minimum atomic E-state index is -3.60. The summed E-state index contributed by atoms with van der Waals surface area (Å²) in [5.41, 5.74) is 6.05. The fraction of sp³-hybridized carbons (Fsp3) is 0.286. The molecule has 2 aromatic rings. The zero-order chi connectivity index (χ0) is 15.3. The number of ether oxygens (including phenoxy) is 1. The third-order valence-electron chi connectivity index (χ3n) is 2.76. The Hall–Kier alpha value is -1.57. The topological polar surface area (TPSA) is 81.4 Å². The molecule has 21 heavy (non-hydrogen) atoms. The lowest BCUT2D eigenvalue weighted by Crippen LogP contribution is -2.14. The van der Waals surface area contributed by atoms with Crippen LogP contribution in [0.15, 0.2) is 40.6 Å². The van der Waals surface area contributed by atoms with Gasteiger partial charge in [-0.25, -0.2) is 8.42 Å². The van der Waals surface area contributed by atoms with Crippen molar-refractivity contribution in [3.63, 3.8) is 0 Å². The summed E-state index contributed by atoms with van der Waals surface area (Å²) >= 11 is 1.33. The smallest absolute Gasteiger partial charge is 0.263 e. The average molecular weight is 326 g/mol. The molecule has 0 aliphatic carbocycles. The molecule has 3 N–H and O–H groups in total. The van der Waals surface area contributed by atoms with E-state index in [0.29, 0.717) is 17.2 Å². The van der Waals surface area contributed by atoms with Crippen molar-refractivity contribution in [2.75, 3.05) is 11.3 Å². The van der Waals surface area contributed by atoms with Crippen molar-refractivity contribution in [1.29, 1.82) is 0 Å². The maximum Gasteiger partial charge on any atom is 0.263 e. The summed E-state index contributed by atoms with van der Waals surface area (Å²) in [6, 6.07) is 8.40. The molecule has 5 nitrogen and oxygen atoms in total. The van der Waals surface area contributed by atoms with Crippen LogP contribution in [-0.2, 0) is 16.6 Å². The molecule has 0 saturated carbocycles. The van der Waals surface area contributed by atoms with Crippen LogP contribution >= 0.6 is 11.3 Å². The highest BCUT2D eigenvalue weighted by Gasteiger charge is 2.19. The lowest BCUT2D eigenvalue weighted by atomic mass is 10.3. The highest BCUT2D eigenvalue weighted by atomic mass is 32.2. The van der Waals surface area contributed by atoms with Crippen molar-refractivity contribution < 1.29 is 13.2 Å². The van der Waals surface area contributed by atoms with Gasteiger partial charge >= 0.3 is 0 Å². The van der Waals surface area contributed by atoms with Crippen LogP contribution < -0.4 is 15.2 Å². The van der Waals surface area contributed by atoms with Crippen LogP contribution in [0.2, 0.25) is 0 Å². The summed E-state index contributed by atoms with van der Waals surface area (Å²) in [7, 11) is -3.60. The molecule has 0 amide bonds. The number of rotatable bonds is 7. The molecule has 0 saturated heterocycles. The Morgan fingerprint density at radius 1 is 1.24 bits per heavy atom. The molecule has 7 heteroatoms. The van der Waals surface area contributed by atoms with E-state index in [0.717, 1.165) is 12.2 Å². The van der Waals surface area contributed by atoms with Gasteiger partial charge in [-0.15, -0.1) is 11.3 Å². The Labute approximate surface area is 128 Å². The number of hydrogen-bond acceptors (Lipinski definition) is 5. The lowest BCUT2D eigenvalue weighted by molar-refractivity contribution is 0.317. The first kappa shape index (κ1) is 15.8. The Morgan fingerprint density at radius 3 is 2.57 bits per heavy atom. The van der Waals surface area contributed by atoms with E-state index in [-0.39, 0.29) is 11.4 Å². The average Bonchev–Trinajstić information content (AvgIpc) is 2.95. The highest BCUT2D eigenvalue weighted by molar-refractivity contribution is 7.93. The molecule has 0 aliphatic heterocycles. The van der Waals surface area contributed by atoms with Gasteiger partial charge in [-0.2, -0.15) is 0 Å². The number of sulfonamides is 1. The zero-order valence-electron chi connectivity index (χ0n) is 11.7. The maximum absolute atomic E-state index is 12.3. The first-order valence-electron chi connectivity index (χ1n) is 6.59. The fourth-order valence-electron chi connectivity index (χ4n) is 1.77. The number of nitrogens with one attached hydrogen (secondary N) is 1. The van der Waals surface area contributed by atoms with E-state index in [2.05, 4.69) is 4.72 Å². The summed E-state index contributed by atoms with van der Waals surface area (Å²) in [5, 5.41) is 1.72. The molecule has 0 spiro atoms. The van der Waals surface area contributed by atoms with Crippen LogP contribution in [0.25, 0.3) is 0 Å². The maximum atomic E-state index is 12.3. The summed E-state index contributed by atoms with van der Waals surface area (Å²) < 4.78 is 32.6. The van der Waals surface area contributed by atoms with Gasteiger partial charge in [0, 0.05) is 17.1 Å². The first-order chi connectivity index (χ1) is 10.1. The summed E-state index contributed by atoms with van der Waals surface area (Å²) in [6.45, 7) is 2.87. The molecule has 1 heterocycles. The predicted octanol–water partition coefficient (Wildman–Crippen LogP) is 2.80. The van der Waals surface area contributed by atoms with Crippen LogP contribution in [0.3, 0.4) is 0 Å². The minimum absolute atomic E-state index is 0.206. The highest BCUT2D eigenvalue weighted by Crippen LogP contribution is 2.24. The van der Waals surface area contributed by atoms with Crippen molar-refractivity contribution in [1.82, 2.24) is 0 Å². The van der Waals surface area contributed by atoms with Crippen LogP contribution in [0.1, 0.15) is 18.2 Å². The number of benzene rings is 1. The van der Waals surface area contributed by atoms with E-state index in [1.807, 2.05) is 6.92 Å². The number of anilines is 1.